The summed E-state index contributed by atoms with van der Waals surface area (Å²) in [5, 5.41) is 2.04. The van der Waals surface area contributed by atoms with Crippen molar-refractivity contribution in [3.63, 3.8) is 0 Å². The highest BCUT2D eigenvalue weighted by Gasteiger charge is 2.44. The van der Waals surface area contributed by atoms with Gasteiger partial charge in [0.1, 0.15) is 0 Å². The van der Waals surface area contributed by atoms with Crippen molar-refractivity contribution in [2.24, 2.45) is 5.92 Å². The van der Waals surface area contributed by atoms with Gasteiger partial charge in [-0.25, -0.2) is 0 Å². The summed E-state index contributed by atoms with van der Waals surface area (Å²) in [6.07, 6.45) is 7.36. The molecule has 0 aliphatic heterocycles. The van der Waals surface area contributed by atoms with Crippen LogP contribution >= 0.6 is 11.8 Å². The third-order valence-electron chi connectivity index (χ3n) is 3.01. The van der Waals surface area contributed by atoms with Crippen LogP contribution in [0.25, 0.3) is 0 Å². The Morgan fingerprint density at radius 2 is 2.10 bits per heavy atom. The van der Waals surface area contributed by atoms with E-state index in [0.717, 1.165) is 5.92 Å². The lowest BCUT2D eigenvalue weighted by atomic mass is 10.0. The van der Waals surface area contributed by atoms with Crippen molar-refractivity contribution in [2.45, 2.75) is 36.9 Å². The molecule has 0 saturated heterocycles. The van der Waals surface area contributed by atoms with Crippen LogP contribution < -0.4 is 0 Å². The smallest absolute Gasteiger partial charge is 0.0204 e. The Labute approximate surface area is 67.1 Å². The standard InChI is InChI=1S/C9H14S/c1-2-10-9-5-3-8(7-9)4-6-9/h2,8H,1,3-7H2. The fourth-order valence-corrected chi connectivity index (χ4v) is 3.64. The second kappa shape index (κ2) is 2.30. The van der Waals surface area contributed by atoms with E-state index in [4.69, 9.17) is 0 Å². The van der Waals surface area contributed by atoms with E-state index >= 15 is 0 Å². The summed E-state index contributed by atoms with van der Waals surface area (Å²) in [4.78, 5) is 0. The monoisotopic (exact) mass is 154 g/mol. The first-order valence-electron chi connectivity index (χ1n) is 4.13. The van der Waals surface area contributed by atoms with Gasteiger partial charge in [-0.05, 0) is 43.4 Å². The van der Waals surface area contributed by atoms with E-state index in [-0.39, 0.29) is 0 Å². The Hall–Kier alpha value is 0.0900. The second-order valence-electron chi connectivity index (χ2n) is 3.62. The van der Waals surface area contributed by atoms with Crippen molar-refractivity contribution >= 4 is 11.8 Å². The zero-order valence-corrected chi connectivity index (χ0v) is 7.12. The van der Waals surface area contributed by atoms with Crippen molar-refractivity contribution in [3.05, 3.63) is 12.0 Å². The lowest BCUT2D eigenvalue weighted by Crippen LogP contribution is -2.15. The highest BCUT2D eigenvalue weighted by atomic mass is 32.2. The molecule has 0 amide bonds. The first-order chi connectivity index (χ1) is 4.85. The normalized spacial score (nSPS) is 44.2. The van der Waals surface area contributed by atoms with Crippen LogP contribution in [-0.4, -0.2) is 4.75 Å². The Morgan fingerprint density at radius 1 is 1.40 bits per heavy atom. The Balaban J connectivity index is 2.07. The zero-order chi connectivity index (χ0) is 7.03. The van der Waals surface area contributed by atoms with Crippen LogP contribution in [0.4, 0.5) is 0 Å². The minimum Gasteiger partial charge on any atom is -0.128 e. The van der Waals surface area contributed by atoms with E-state index < -0.39 is 0 Å². The van der Waals surface area contributed by atoms with Crippen LogP contribution in [-0.2, 0) is 0 Å². The van der Waals surface area contributed by atoms with E-state index in [1.54, 1.807) is 0 Å². The summed E-state index contributed by atoms with van der Waals surface area (Å²) in [6, 6.07) is 0. The number of fused-ring (bicyclic) bond motifs is 2. The minimum absolute atomic E-state index is 0.659. The number of hydrogen-bond acceptors (Lipinski definition) is 1. The second-order valence-corrected chi connectivity index (χ2v) is 5.05. The lowest BCUT2D eigenvalue weighted by molar-refractivity contribution is 0.500. The first-order valence-corrected chi connectivity index (χ1v) is 5.01. The Bertz CT molecular complexity index is 143. The van der Waals surface area contributed by atoms with Crippen molar-refractivity contribution in [1.29, 1.82) is 0 Å². The fraction of sp³-hybridized carbons (Fsp3) is 0.778. The van der Waals surface area contributed by atoms with Gasteiger partial charge in [0, 0.05) is 4.75 Å². The first kappa shape index (κ1) is 6.78. The molecule has 2 fully saturated rings. The highest BCUT2D eigenvalue weighted by molar-refractivity contribution is 8.03. The molecule has 0 radical (unpaired) electrons. The molecule has 0 aromatic heterocycles. The van der Waals surface area contributed by atoms with E-state index in [1.807, 2.05) is 17.2 Å². The third kappa shape index (κ3) is 0.914. The van der Waals surface area contributed by atoms with Gasteiger partial charge in [0.05, 0.1) is 0 Å². The summed E-state index contributed by atoms with van der Waals surface area (Å²) in [5.41, 5.74) is 0. The van der Waals surface area contributed by atoms with Crippen molar-refractivity contribution in [1.82, 2.24) is 0 Å². The molecule has 56 valence electrons. The summed E-state index contributed by atoms with van der Waals surface area (Å²) in [5.74, 6) is 1.08. The Kier molecular flexibility index (Phi) is 1.56. The van der Waals surface area contributed by atoms with Gasteiger partial charge in [0.15, 0.2) is 0 Å². The molecule has 0 aromatic carbocycles. The maximum absolute atomic E-state index is 3.80. The fourth-order valence-electron chi connectivity index (χ4n) is 2.48. The number of rotatable bonds is 2. The molecule has 2 aliphatic rings. The van der Waals surface area contributed by atoms with Gasteiger partial charge in [0.2, 0.25) is 0 Å². The molecule has 2 aliphatic carbocycles. The molecule has 0 spiro atoms. The minimum atomic E-state index is 0.659. The van der Waals surface area contributed by atoms with Crippen LogP contribution in [0.15, 0.2) is 12.0 Å². The lowest BCUT2D eigenvalue weighted by Gasteiger charge is -2.23. The van der Waals surface area contributed by atoms with Crippen LogP contribution in [0.2, 0.25) is 0 Å². The van der Waals surface area contributed by atoms with E-state index in [2.05, 4.69) is 6.58 Å². The van der Waals surface area contributed by atoms with Gasteiger partial charge >= 0.3 is 0 Å². The van der Waals surface area contributed by atoms with Crippen LogP contribution in [0.5, 0.6) is 0 Å². The van der Waals surface area contributed by atoms with Crippen molar-refractivity contribution < 1.29 is 0 Å². The molecule has 2 saturated carbocycles. The van der Waals surface area contributed by atoms with Crippen LogP contribution in [0.1, 0.15) is 32.1 Å². The predicted octanol–water partition coefficient (Wildman–Crippen LogP) is 3.20. The maximum Gasteiger partial charge on any atom is 0.0204 e. The van der Waals surface area contributed by atoms with Crippen LogP contribution in [0, 0.1) is 5.92 Å². The van der Waals surface area contributed by atoms with Gasteiger partial charge in [-0.1, -0.05) is 6.58 Å². The molecule has 0 nitrogen and oxygen atoms in total. The zero-order valence-electron chi connectivity index (χ0n) is 6.31. The number of hydrogen-bond donors (Lipinski definition) is 0. The summed E-state index contributed by atoms with van der Waals surface area (Å²) < 4.78 is 0.659. The van der Waals surface area contributed by atoms with Gasteiger partial charge in [-0.2, -0.15) is 0 Å². The average molecular weight is 154 g/mol. The van der Waals surface area contributed by atoms with E-state index in [9.17, 15) is 0 Å². The molecular formula is C9H14S. The topological polar surface area (TPSA) is 0 Å². The number of thioether (sulfide) groups is 1. The van der Waals surface area contributed by atoms with E-state index in [1.165, 1.54) is 32.1 Å². The van der Waals surface area contributed by atoms with Crippen LogP contribution in [0.3, 0.4) is 0 Å². The van der Waals surface area contributed by atoms with Crippen molar-refractivity contribution in [3.8, 4) is 0 Å². The Morgan fingerprint density at radius 3 is 2.50 bits per heavy atom. The van der Waals surface area contributed by atoms with Gasteiger partial charge < -0.3 is 0 Å². The summed E-state index contributed by atoms with van der Waals surface area (Å²) >= 11 is 1.99. The quantitative estimate of drug-likeness (QED) is 0.588. The molecule has 0 N–H and O–H groups in total. The van der Waals surface area contributed by atoms with Crippen molar-refractivity contribution in [2.75, 3.05) is 0 Å². The maximum atomic E-state index is 3.80. The largest absolute Gasteiger partial charge is 0.128 e. The molecule has 0 atom stereocenters. The molecule has 0 aromatic rings. The molecule has 1 heteroatoms. The SMILES string of the molecule is C=CSC12CCC(CC1)C2. The molecule has 2 rings (SSSR count). The third-order valence-corrected chi connectivity index (χ3v) is 4.25. The molecule has 0 heterocycles. The van der Waals surface area contributed by atoms with Gasteiger partial charge in [-0.15, -0.1) is 11.8 Å². The summed E-state index contributed by atoms with van der Waals surface area (Å²) in [7, 11) is 0. The summed E-state index contributed by atoms with van der Waals surface area (Å²) in [6.45, 7) is 3.80. The highest BCUT2D eigenvalue weighted by Crippen LogP contribution is 2.55. The average Bonchev–Trinajstić information content (AvgIpc) is 2.46. The molecular weight excluding hydrogens is 140 g/mol. The van der Waals surface area contributed by atoms with E-state index in [0.29, 0.717) is 4.75 Å². The van der Waals surface area contributed by atoms with Gasteiger partial charge in [0.25, 0.3) is 0 Å². The van der Waals surface area contributed by atoms with Gasteiger partial charge in [-0.3, -0.25) is 0 Å². The molecule has 10 heavy (non-hydrogen) atoms. The molecule has 2 bridgehead atoms. The molecule has 0 unspecified atom stereocenters. The predicted molar refractivity (Wildman–Crippen MR) is 47.1 cm³/mol.